The van der Waals surface area contributed by atoms with Gasteiger partial charge in [0.25, 0.3) is 0 Å². The summed E-state index contributed by atoms with van der Waals surface area (Å²) in [6, 6.07) is 0.731. The Balaban J connectivity index is 2.27. The third-order valence-corrected chi connectivity index (χ3v) is 2.34. The van der Waals surface area contributed by atoms with E-state index in [0.717, 1.165) is 18.5 Å². The molecule has 1 aliphatic rings. The minimum atomic E-state index is 0.731. The minimum absolute atomic E-state index is 0.731. The van der Waals surface area contributed by atoms with Gasteiger partial charge in [-0.2, -0.15) is 0 Å². The highest BCUT2D eigenvalue weighted by Crippen LogP contribution is 2.15. The normalized spacial score (nSPS) is 33.0. The summed E-state index contributed by atoms with van der Waals surface area (Å²) in [5.74, 6) is 0.861. The molecule has 1 aliphatic heterocycles. The Kier molecular flexibility index (Phi) is 3.16. The van der Waals surface area contributed by atoms with Crippen molar-refractivity contribution in [1.82, 2.24) is 10.9 Å². The van der Waals surface area contributed by atoms with E-state index in [1.807, 2.05) is 0 Å². The fraction of sp³-hybridized carbons (Fsp3) is 1.00. The van der Waals surface area contributed by atoms with E-state index in [9.17, 15) is 0 Å². The lowest BCUT2D eigenvalue weighted by molar-refractivity contribution is 0.417. The fourth-order valence-corrected chi connectivity index (χ4v) is 1.63. The van der Waals surface area contributed by atoms with Crippen molar-refractivity contribution in [1.29, 1.82) is 0 Å². The third-order valence-electron chi connectivity index (χ3n) is 2.34. The monoisotopic (exact) mass is 142 g/mol. The lowest BCUT2D eigenvalue weighted by atomic mass is 9.96. The topological polar surface area (TPSA) is 24.1 Å². The molecular formula is C8H18N2. The first-order valence-corrected chi connectivity index (χ1v) is 4.36. The average Bonchev–Trinajstić information content (AvgIpc) is 2.36. The molecule has 0 aromatic carbocycles. The first-order chi connectivity index (χ1) is 4.88. The summed E-state index contributed by atoms with van der Waals surface area (Å²) < 4.78 is 0. The Hall–Kier alpha value is -0.0800. The molecule has 0 spiro atoms. The van der Waals surface area contributed by atoms with E-state index in [1.54, 1.807) is 0 Å². The van der Waals surface area contributed by atoms with Gasteiger partial charge in [0.2, 0.25) is 0 Å². The maximum Gasteiger partial charge on any atom is 0.0253 e. The molecule has 1 rings (SSSR count). The van der Waals surface area contributed by atoms with Gasteiger partial charge < -0.3 is 0 Å². The Bertz CT molecular complexity index is 93.3. The summed E-state index contributed by atoms with van der Waals surface area (Å²) in [4.78, 5) is 0. The van der Waals surface area contributed by atoms with Crippen molar-refractivity contribution in [2.24, 2.45) is 5.92 Å². The molecule has 0 radical (unpaired) electrons. The van der Waals surface area contributed by atoms with Crippen LogP contribution >= 0.6 is 0 Å². The number of rotatable bonds is 3. The van der Waals surface area contributed by atoms with Gasteiger partial charge in [-0.25, -0.2) is 0 Å². The van der Waals surface area contributed by atoms with Gasteiger partial charge in [-0.15, -0.1) is 0 Å². The van der Waals surface area contributed by atoms with E-state index >= 15 is 0 Å². The van der Waals surface area contributed by atoms with Crippen LogP contribution in [0.2, 0.25) is 0 Å². The molecule has 0 aliphatic carbocycles. The van der Waals surface area contributed by atoms with Gasteiger partial charge in [0.1, 0.15) is 0 Å². The summed E-state index contributed by atoms with van der Waals surface area (Å²) in [6.45, 7) is 5.66. The number of hydrazine groups is 1. The van der Waals surface area contributed by atoms with Crippen LogP contribution in [-0.2, 0) is 0 Å². The molecule has 1 saturated heterocycles. The van der Waals surface area contributed by atoms with Crippen LogP contribution in [0.4, 0.5) is 0 Å². The lowest BCUT2D eigenvalue weighted by Crippen LogP contribution is -2.31. The summed E-state index contributed by atoms with van der Waals surface area (Å²) in [7, 11) is 0. The highest BCUT2D eigenvalue weighted by molar-refractivity contribution is 4.80. The van der Waals surface area contributed by atoms with Crippen LogP contribution in [-0.4, -0.2) is 12.6 Å². The Labute approximate surface area is 63.4 Å². The van der Waals surface area contributed by atoms with Crippen LogP contribution in [0.25, 0.3) is 0 Å². The summed E-state index contributed by atoms with van der Waals surface area (Å²) in [5, 5.41) is 0. The van der Waals surface area contributed by atoms with Crippen molar-refractivity contribution >= 4 is 0 Å². The number of hydrogen-bond donors (Lipinski definition) is 2. The van der Waals surface area contributed by atoms with E-state index in [0.29, 0.717) is 0 Å². The molecule has 2 heteroatoms. The molecule has 1 heterocycles. The molecule has 0 aromatic rings. The van der Waals surface area contributed by atoms with Gasteiger partial charge in [-0.3, -0.25) is 10.9 Å². The minimum Gasteiger partial charge on any atom is -0.257 e. The zero-order valence-corrected chi connectivity index (χ0v) is 6.98. The van der Waals surface area contributed by atoms with Gasteiger partial charge >= 0.3 is 0 Å². The second kappa shape index (κ2) is 3.94. The zero-order valence-electron chi connectivity index (χ0n) is 6.98. The third kappa shape index (κ3) is 1.70. The molecule has 0 bridgehead atoms. The van der Waals surface area contributed by atoms with Crippen LogP contribution in [0.5, 0.6) is 0 Å². The molecule has 1 unspecified atom stereocenters. The molecule has 2 atom stereocenters. The molecule has 60 valence electrons. The molecule has 1 fully saturated rings. The molecule has 10 heavy (non-hydrogen) atoms. The highest BCUT2D eigenvalue weighted by atomic mass is 15.4. The fourth-order valence-electron chi connectivity index (χ4n) is 1.63. The molecule has 0 saturated carbocycles. The lowest BCUT2D eigenvalue weighted by Gasteiger charge is -2.14. The quantitative estimate of drug-likeness (QED) is 0.620. The van der Waals surface area contributed by atoms with E-state index in [4.69, 9.17) is 0 Å². The highest BCUT2D eigenvalue weighted by Gasteiger charge is 2.23. The predicted molar refractivity (Wildman–Crippen MR) is 43.6 cm³/mol. The van der Waals surface area contributed by atoms with Crippen molar-refractivity contribution in [2.75, 3.05) is 6.54 Å². The van der Waals surface area contributed by atoms with Crippen LogP contribution in [0.15, 0.2) is 0 Å². The van der Waals surface area contributed by atoms with Gasteiger partial charge in [0.05, 0.1) is 0 Å². The molecule has 0 amide bonds. The largest absolute Gasteiger partial charge is 0.257 e. The first-order valence-electron chi connectivity index (χ1n) is 4.36. The zero-order chi connectivity index (χ0) is 7.40. The van der Waals surface area contributed by atoms with Crippen molar-refractivity contribution in [3.05, 3.63) is 0 Å². The molecular weight excluding hydrogens is 124 g/mol. The van der Waals surface area contributed by atoms with Gasteiger partial charge in [-0.1, -0.05) is 26.7 Å². The Morgan fingerprint density at radius 2 is 2.20 bits per heavy atom. The smallest absolute Gasteiger partial charge is 0.0253 e. The van der Waals surface area contributed by atoms with E-state index < -0.39 is 0 Å². The van der Waals surface area contributed by atoms with Gasteiger partial charge in [-0.05, 0) is 12.3 Å². The maximum atomic E-state index is 3.31. The maximum absolute atomic E-state index is 3.31. The second-order valence-electron chi connectivity index (χ2n) is 3.09. The van der Waals surface area contributed by atoms with Crippen LogP contribution in [0.3, 0.4) is 0 Å². The average molecular weight is 142 g/mol. The van der Waals surface area contributed by atoms with E-state index in [1.165, 1.54) is 19.3 Å². The first kappa shape index (κ1) is 8.02. The SMILES string of the molecule is CCC[C@H]1NNCC1CC. The molecule has 2 N–H and O–H groups in total. The second-order valence-corrected chi connectivity index (χ2v) is 3.09. The Morgan fingerprint density at radius 1 is 1.40 bits per heavy atom. The van der Waals surface area contributed by atoms with Gasteiger partial charge in [0.15, 0.2) is 0 Å². The van der Waals surface area contributed by atoms with E-state index in [2.05, 4.69) is 24.7 Å². The van der Waals surface area contributed by atoms with Crippen molar-refractivity contribution in [3.63, 3.8) is 0 Å². The summed E-state index contributed by atoms with van der Waals surface area (Å²) in [6.07, 6.45) is 3.89. The molecule has 0 aromatic heterocycles. The number of nitrogens with one attached hydrogen (secondary N) is 2. The van der Waals surface area contributed by atoms with E-state index in [-0.39, 0.29) is 0 Å². The van der Waals surface area contributed by atoms with Gasteiger partial charge in [0, 0.05) is 12.6 Å². The van der Waals surface area contributed by atoms with Crippen molar-refractivity contribution < 1.29 is 0 Å². The predicted octanol–water partition coefficient (Wildman–Crippen LogP) is 1.29. The summed E-state index contributed by atoms with van der Waals surface area (Å²) >= 11 is 0. The Morgan fingerprint density at radius 3 is 2.80 bits per heavy atom. The van der Waals surface area contributed by atoms with Crippen LogP contribution < -0.4 is 10.9 Å². The summed E-state index contributed by atoms with van der Waals surface area (Å²) in [5.41, 5.74) is 6.52. The molecule has 2 nitrogen and oxygen atoms in total. The van der Waals surface area contributed by atoms with Crippen molar-refractivity contribution in [3.8, 4) is 0 Å². The van der Waals surface area contributed by atoms with Crippen LogP contribution in [0.1, 0.15) is 33.1 Å². The number of hydrogen-bond acceptors (Lipinski definition) is 2. The van der Waals surface area contributed by atoms with Crippen LogP contribution in [0, 0.1) is 5.92 Å². The van der Waals surface area contributed by atoms with Crippen molar-refractivity contribution in [2.45, 2.75) is 39.2 Å². The standard InChI is InChI=1S/C8H18N2/c1-3-5-8-7(4-2)6-9-10-8/h7-10H,3-6H2,1-2H3/t7?,8-/m1/s1.